The molecule has 1 aromatic carbocycles. The van der Waals surface area contributed by atoms with E-state index in [1.54, 1.807) is 12.1 Å². The van der Waals surface area contributed by atoms with E-state index in [4.69, 9.17) is 0 Å². The summed E-state index contributed by atoms with van der Waals surface area (Å²) < 4.78 is 26.5. The fraction of sp³-hybridized carbons (Fsp3) is 0.250. The molecule has 0 bridgehead atoms. The Labute approximate surface area is 72.1 Å². The monoisotopic (exact) mass is 185 g/mol. The quantitative estimate of drug-likeness (QED) is 0.653. The van der Waals surface area contributed by atoms with Crippen LogP contribution in [0.2, 0.25) is 0 Å². The third-order valence-electron chi connectivity index (χ3n) is 1.53. The zero-order valence-corrected chi connectivity index (χ0v) is 7.76. The molecule has 0 unspecified atom stereocenters. The number of benzene rings is 1. The van der Waals surface area contributed by atoms with Crippen LogP contribution in [0.4, 0.5) is 0 Å². The fourth-order valence-electron chi connectivity index (χ4n) is 0.801. The summed E-state index contributed by atoms with van der Waals surface area (Å²) in [6.07, 6.45) is 0. The molecule has 0 saturated heterocycles. The van der Waals surface area contributed by atoms with Crippen LogP contribution in [0.5, 0.6) is 0 Å². The van der Waals surface area contributed by atoms with Gasteiger partial charge in [0.2, 0.25) is 0 Å². The van der Waals surface area contributed by atoms with Crippen LogP contribution in [-0.4, -0.2) is 15.5 Å². The van der Waals surface area contributed by atoms with Crippen molar-refractivity contribution < 1.29 is 12.6 Å². The number of rotatable bonds is 2. The smallest absolute Gasteiger partial charge is 0.270 e. The molecule has 12 heavy (non-hydrogen) atoms. The van der Waals surface area contributed by atoms with Gasteiger partial charge in [0.1, 0.15) is 0 Å². The molecule has 1 aromatic rings. The third kappa shape index (κ3) is 1.84. The molecule has 3 nitrogen and oxygen atoms in total. The molecule has 0 fully saturated rings. The third-order valence-corrected chi connectivity index (χ3v) is 2.82. The first-order valence-electron chi connectivity index (χ1n) is 3.43. The van der Waals surface area contributed by atoms with Crippen LogP contribution >= 0.6 is 0 Å². The predicted molar refractivity (Wildman–Crippen MR) is 45.4 cm³/mol. The molecule has 0 spiro atoms. The lowest BCUT2D eigenvalue weighted by Gasteiger charge is -2.00. The Morgan fingerprint density at radius 1 is 1.17 bits per heavy atom. The van der Waals surface area contributed by atoms with E-state index in [-0.39, 0.29) is 4.90 Å². The summed E-state index contributed by atoms with van der Waals surface area (Å²) in [4.78, 5) is 0.190. The van der Waals surface area contributed by atoms with Gasteiger partial charge in [0, 0.05) is 0 Å². The molecule has 0 aliphatic heterocycles. The minimum absolute atomic E-state index is 0.190. The lowest BCUT2D eigenvalue weighted by Crippen LogP contribution is -2.02. The van der Waals surface area contributed by atoms with Crippen molar-refractivity contribution in [1.82, 2.24) is 0 Å². The number of hydrogen-bond acceptors (Lipinski definition) is 3. The standard InChI is InChI=1S/C8H10O3S/c1-7-3-5-8(6-4-7)12(9,10)11-2/h3-6H,1-2H3/i2-1. The minimum atomic E-state index is -3.51. The molecule has 0 atom stereocenters. The van der Waals surface area contributed by atoms with E-state index in [2.05, 4.69) is 4.18 Å². The summed E-state index contributed by atoms with van der Waals surface area (Å²) in [6.45, 7) is 1.89. The van der Waals surface area contributed by atoms with Crippen molar-refractivity contribution >= 4 is 10.1 Å². The molecule has 0 N–H and O–H groups in total. The lowest BCUT2D eigenvalue weighted by molar-refractivity contribution is 0.398. The number of aryl methyl sites for hydroxylation is 1. The predicted octanol–water partition coefficient (Wildman–Crippen LogP) is 1.33. The van der Waals surface area contributed by atoms with Gasteiger partial charge in [-0.05, 0) is 19.1 Å². The summed E-state index contributed by atoms with van der Waals surface area (Å²) in [6, 6.07) is 6.50. The maximum Gasteiger partial charge on any atom is 0.296 e. The van der Waals surface area contributed by atoms with E-state index in [0.29, 0.717) is 0 Å². The highest BCUT2D eigenvalue weighted by Gasteiger charge is 2.10. The molecule has 0 heterocycles. The Hall–Kier alpha value is -0.870. The minimum Gasteiger partial charge on any atom is -0.270 e. The Morgan fingerprint density at radius 3 is 2.08 bits per heavy atom. The van der Waals surface area contributed by atoms with Crippen LogP contribution in [0.3, 0.4) is 0 Å². The highest BCUT2D eigenvalue weighted by molar-refractivity contribution is 7.86. The van der Waals surface area contributed by atoms with Gasteiger partial charge in [0.05, 0.1) is 12.0 Å². The molecule has 0 aliphatic carbocycles. The molecule has 0 radical (unpaired) electrons. The zero-order valence-electron chi connectivity index (χ0n) is 6.94. The summed E-state index contributed by atoms with van der Waals surface area (Å²) in [5.41, 5.74) is 1.02. The van der Waals surface area contributed by atoms with E-state index in [1.165, 1.54) is 12.1 Å². The highest BCUT2D eigenvalue weighted by Crippen LogP contribution is 2.11. The molecule has 0 aliphatic rings. The van der Waals surface area contributed by atoms with Crippen molar-refractivity contribution in [3.63, 3.8) is 0 Å². The Morgan fingerprint density at radius 2 is 1.67 bits per heavy atom. The average Bonchev–Trinajstić information content (AvgIpc) is 2.05. The second-order valence-corrected chi connectivity index (χ2v) is 4.15. The van der Waals surface area contributed by atoms with Gasteiger partial charge in [-0.15, -0.1) is 0 Å². The van der Waals surface area contributed by atoms with E-state index in [9.17, 15) is 8.42 Å². The average molecular weight is 185 g/mol. The molecule has 1 rings (SSSR count). The zero-order chi connectivity index (χ0) is 9.19. The van der Waals surface area contributed by atoms with Crippen molar-refractivity contribution in [1.29, 1.82) is 0 Å². The van der Waals surface area contributed by atoms with Gasteiger partial charge in [0.15, 0.2) is 0 Å². The van der Waals surface area contributed by atoms with Crippen LogP contribution < -0.4 is 0 Å². The van der Waals surface area contributed by atoms with Crippen LogP contribution in [0.25, 0.3) is 0 Å². The van der Waals surface area contributed by atoms with Crippen molar-refractivity contribution in [2.75, 3.05) is 7.11 Å². The Balaban J connectivity index is 3.14. The lowest BCUT2D eigenvalue weighted by atomic mass is 10.2. The molecule has 0 saturated carbocycles. The van der Waals surface area contributed by atoms with E-state index in [0.717, 1.165) is 12.7 Å². The van der Waals surface area contributed by atoms with Gasteiger partial charge in [0.25, 0.3) is 10.1 Å². The first kappa shape index (κ1) is 9.22. The molecular formula is C8H10O3S. The maximum atomic E-state index is 11.1. The van der Waals surface area contributed by atoms with Gasteiger partial charge in [-0.1, -0.05) is 17.7 Å². The van der Waals surface area contributed by atoms with E-state index < -0.39 is 10.1 Å². The van der Waals surface area contributed by atoms with Gasteiger partial charge >= 0.3 is 0 Å². The van der Waals surface area contributed by atoms with Gasteiger partial charge in [-0.25, -0.2) is 0 Å². The highest BCUT2D eigenvalue weighted by atomic mass is 32.2. The molecular weight excluding hydrogens is 175 g/mol. The van der Waals surface area contributed by atoms with Crippen molar-refractivity contribution in [3.8, 4) is 0 Å². The van der Waals surface area contributed by atoms with Gasteiger partial charge in [-0.2, -0.15) is 8.42 Å². The first-order valence-corrected chi connectivity index (χ1v) is 4.84. The molecule has 0 amide bonds. The normalized spacial score (nSPS) is 11.5. The topological polar surface area (TPSA) is 43.4 Å². The van der Waals surface area contributed by atoms with Gasteiger partial charge < -0.3 is 0 Å². The summed E-state index contributed by atoms with van der Waals surface area (Å²) in [5.74, 6) is 0. The summed E-state index contributed by atoms with van der Waals surface area (Å²) >= 11 is 0. The summed E-state index contributed by atoms with van der Waals surface area (Å²) in [5, 5.41) is 0. The Kier molecular flexibility index (Phi) is 2.49. The number of hydrogen-bond donors (Lipinski definition) is 0. The fourth-order valence-corrected chi connectivity index (χ4v) is 1.46. The van der Waals surface area contributed by atoms with Crippen molar-refractivity contribution in [3.05, 3.63) is 29.8 Å². The van der Waals surface area contributed by atoms with E-state index in [1.807, 2.05) is 6.92 Å². The molecule has 4 heteroatoms. The second-order valence-electron chi connectivity index (χ2n) is 2.43. The maximum absolute atomic E-state index is 11.1. The van der Waals surface area contributed by atoms with Crippen LogP contribution in [0.1, 0.15) is 5.56 Å². The SMILES string of the molecule is Cc1ccc(S(=O)(=O)O[11CH3])cc1. The van der Waals surface area contributed by atoms with Gasteiger partial charge in [-0.3, -0.25) is 4.18 Å². The summed E-state index contributed by atoms with van der Waals surface area (Å²) in [7, 11) is -2.37. The van der Waals surface area contributed by atoms with Crippen molar-refractivity contribution in [2.45, 2.75) is 11.8 Å². The Bertz CT molecular complexity index is 350. The van der Waals surface area contributed by atoms with Crippen molar-refractivity contribution in [2.24, 2.45) is 0 Å². The first-order chi connectivity index (χ1) is 5.56. The molecule has 0 aromatic heterocycles. The van der Waals surface area contributed by atoms with Crippen LogP contribution in [-0.2, 0) is 14.3 Å². The largest absolute Gasteiger partial charge is 0.296 e. The molecule has 66 valence electrons. The second kappa shape index (κ2) is 3.25. The van der Waals surface area contributed by atoms with Crippen LogP contribution in [0.15, 0.2) is 29.2 Å². The van der Waals surface area contributed by atoms with Crippen LogP contribution in [0, 0.1) is 6.92 Å². The van der Waals surface area contributed by atoms with E-state index >= 15 is 0 Å².